The molecule has 30 heavy (non-hydrogen) atoms. The molecular weight excluding hydrogens is 392 g/mol. The fraction of sp³-hybridized carbons (Fsp3) is 0.360. The van der Waals surface area contributed by atoms with E-state index in [1.165, 1.54) is 5.56 Å². The maximum absolute atomic E-state index is 12.9. The fourth-order valence-electron chi connectivity index (χ4n) is 4.24. The van der Waals surface area contributed by atoms with Crippen molar-refractivity contribution in [2.24, 2.45) is 0 Å². The summed E-state index contributed by atoms with van der Waals surface area (Å²) < 4.78 is 1.13. The van der Waals surface area contributed by atoms with Crippen molar-refractivity contribution in [1.29, 1.82) is 0 Å². The Labute approximate surface area is 181 Å². The molecule has 156 valence electrons. The van der Waals surface area contributed by atoms with Crippen LogP contribution in [0.2, 0.25) is 0 Å². The molecule has 1 aliphatic rings. The topological polar surface area (TPSA) is 49.4 Å². The van der Waals surface area contributed by atoms with E-state index in [0.717, 1.165) is 39.9 Å². The summed E-state index contributed by atoms with van der Waals surface area (Å²) in [7, 11) is 0. The molecule has 1 atom stereocenters. The Morgan fingerprint density at radius 2 is 1.83 bits per heavy atom. The number of nitrogens with zero attached hydrogens (tertiary/aromatic N) is 1. The molecule has 1 N–H and O–H groups in total. The summed E-state index contributed by atoms with van der Waals surface area (Å²) in [5.41, 5.74) is 2.31. The highest BCUT2D eigenvalue weighted by Crippen LogP contribution is 2.40. The van der Waals surface area contributed by atoms with Crippen molar-refractivity contribution in [3.05, 3.63) is 70.6 Å². The van der Waals surface area contributed by atoms with Crippen LogP contribution < -0.4 is 5.32 Å². The van der Waals surface area contributed by atoms with Gasteiger partial charge in [-0.05, 0) is 49.3 Å². The summed E-state index contributed by atoms with van der Waals surface area (Å²) >= 11 is 1.56. The van der Waals surface area contributed by atoms with Gasteiger partial charge >= 0.3 is 0 Å². The van der Waals surface area contributed by atoms with Crippen molar-refractivity contribution in [2.75, 3.05) is 13.1 Å². The number of nitrogens with one attached hydrogen (secondary N) is 1. The number of amides is 2. The second kappa shape index (κ2) is 9.00. The number of rotatable bonds is 6. The van der Waals surface area contributed by atoms with Gasteiger partial charge in [0.05, 0.1) is 4.88 Å². The molecule has 2 aromatic carbocycles. The van der Waals surface area contributed by atoms with Crippen molar-refractivity contribution in [2.45, 2.75) is 45.1 Å². The van der Waals surface area contributed by atoms with Gasteiger partial charge in [-0.15, -0.1) is 11.3 Å². The Morgan fingerprint density at radius 1 is 1.10 bits per heavy atom. The van der Waals surface area contributed by atoms with Gasteiger partial charge in [0.15, 0.2) is 0 Å². The predicted octanol–water partition coefficient (Wildman–Crippen LogP) is 4.99. The van der Waals surface area contributed by atoms with E-state index in [-0.39, 0.29) is 23.8 Å². The van der Waals surface area contributed by atoms with E-state index in [1.54, 1.807) is 11.3 Å². The monoisotopic (exact) mass is 420 g/mol. The van der Waals surface area contributed by atoms with Gasteiger partial charge in [-0.2, -0.15) is 0 Å². The average Bonchev–Trinajstić information content (AvgIpc) is 3.37. The van der Waals surface area contributed by atoms with Crippen LogP contribution in [-0.2, 0) is 11.2 Å². The van der Waals surface area contributed by atoms with Gasteiger partial charge in [0.25, 0.3) is 5.91 Å². The van der Waals surface area contributed by atoms with Gasteiger partial charge in [-0.25, -0.2) is 0 Å². The number of aryl methyl sites for hydroxylation is 1. The zero-order chi connectivity index (χ0) is 21.1. The van der Waals surface area contributed by atoms with Gasteiger partial charge in [0.2, 0.25) is 5.91 Å². The number of benzene rings is 2. The summed E-state index contributed by atoms with van der Waals surface area (Å²) in [4.78, 5) is 28.5. The first-order valence-corrected chi connectivity index (χ1v) is 11.5. The number of hydrogen-bond acceptors (Lipinski definition) is 3. The number of hydrogen-bond donors (Lipinski definition) is 1. The number of thiophene rings is 1. The Hall–Kier alpha value is -2.66. The van der Waals surface area contributed by atoms with E-state index in [0.29, 0.717) is 13.0 Å². The molecule has 0 radical (unpaired) electrons. The molecule has 4 rings (SSSR count). The van der Waals surface area contributed by atoms with Crippen molar-refractivity contribution < 1.29 is 9.59 Å². The Kier molecular flexibility index (Phi) is 6.18. The van der Waals surface area contributed by atoms with Crippen LogP contribution in [0, 0.1) is 0 Å². The summed E-state index contributed by atoms with van der Waals surface area (Å²) in [6.07, 6.45) is 2.20. The second-order valence-corrected chi connectivity index (χ2v) is 9.33. The molecule has 4 nitrogen and oxygen atoms in total. The molecule has 2 heterocycles. The lowest BCUT2D eigenvalue weighted by Crippen LogP contribution is -2.31. The molecule has 0 saturated carbocycles. The van der Waals surface area contributed by atoms with E-state index in [2.05, 4.69) is 29.6 Å². The third-order valence-electron chi connectivity index (χ3n) is 5.68. The quantitative estimate of drug-likeness (QED) is 0.611. The van der Waals surface area contributed by atoms with Crippen LogP contribution in [0.15, 0.2) is 54.6 Å². The number of likely N-dealkylation sites (tertiary alicyclic amines) is 1. The maximum atomic E-state index is 12.9. The fourth-order valence-corrected chi connectivity index (χ4v) is 5.44. The summed E-state index contributed by atoms with van der Waals surface area (Å²) in [5.74, 6) is 0.402. The van der Waals surface area contributed by atoms with Crippen LogP contribution in [0.1, 0.15) is 53.4 Å². The van der Waals surface area contributed by atoms with Crippen LogP contribution in [-0.4, -0.2) is 35.8 Å². The Balaban J connectivity index is 1.52. The van der Waals surface area contributed by atoms with Gasteiger partial charge in [-0.3, -0.25) is 9.59 Å². The molecule has 1 aromatic heterocycles. The highest BCUT2D eigenvalue weighted by atomic mass is 32.1. The first-order valence-electron chi connectivity index (χ1n) is 10.7. The lowest BCUT2D eigenvalue weighted by molar-refractivity contribution is -0.130. The molecule has 5 heteroatoms. The molecule has 1 aliphatic heterocycles. The normalized spacial score (nSPS) is 16.4. The number of carbonyl (C=O) groups is 2. The first kappa shape index (κ1) is 20.6. The third kappa shape index (κ3) is 4.41. The van der Waals surface area contributed by atoms with Crippen LogP contribution in [0.25, 0.3) is 10.1 Å². The number of carbonyl (C=O) groups excluding carboxylic acids is 2. The van der Waals surface area contributed by atoms with Crippen molar-refractivity contribution in [3.63, 3.8) is 0 Å². The molecular formula is C25H28N2O2S. The Morgan fingerprint density at radius 3 is 2.60 bits per heavy atom. The van der Waals surface area contributed by atoms with Crippen LogP contribution in [0.3, 0.4) is 0 Å². The van der Waals surface area contributed by atoms with E-state index < -0.39 is 0 Å². The van der Waals surface area contributed by atoms with E-state index in [1.807, 2.05) is 49.1 Å². The second-order valence-electron chi connectivity index (χ2n) is 8.28. The molecule has 0 spiro atoms. The zero-order valence-corrected chi connectivity index (χ0v) is 18.4. The maximum Gasteiger partial charge on any atom is 0.261 e. The van der Waals surface area contributed by atoms with Crippen molar-refractivity contribution in [1.82, 2.24) is 10.2 Å². The average molecular weight is 421 g/mol. The van der Waals surface area contributed by atoms with E-state index in [4.69, 9.17) is 0 Å². The Bertz CT molecular complexity index is 1040. The summed E-state index contributed by atoms with van der Waals surface area (Å²) in [5, 5.41) is 4.20. The largest absolute Gasteiger partial charge is 0.349 e. The molecule has 1 saturated heterocycles. The minimum Gasteiger partial charge on any atom is -0.349 e. The van der Waals surface area contributed by atoms with Crippen molar-refractivity contribution >= 4 is 33.2 Å². The molecule has 0 aliphatic carbocycles. The smallest absolute Gasteiger partial charge is 0.261 e. The minimum absolute atomic E-state index is 0.00458. The van der Waals surface area contributed by atoms with E-state index >= 15 is 0 Å². The zero-order valence-electron chi connectivity index (χ0n) is 17.6. The summed E-state index contributed by atoms with van der Waals surface area (Å²) in [6, 6.07) is 18.5. The van der Waals surface area contributed by atoms with Gasteiger partial charge in [-0.1, -0.05) is 48.5 Å². The highest BCUT2D eigenvalue weighted by molar-refractivity contribution is 7.21. The minimum atomic E-state index is -0.00458. The molecule has 3 aromatic rings. The van der Waals surface area contributed by atoms with Crippen molar-refractivity contribution in [3.8, 4) is 0 Å². The molecule has 1 unspecified atom stereocenters. The number of fused-ring (bicyclic) bond motifs is 1. The van der Waals surface area contributed by atoms with Gasteiger partial charge < -0.3 is 10.2 Å². The van der Waals surface area contributed by atoms with Gasteiger partial charge in [0.1, 0.15) is 0 Å². The standard InChI is InChI=1S/C25H28N2O2S/c1-17(2)26-25(29)24-23(20-10-6-7-11-21(20)30-24)19-14-15-27(16-19)22(28)13-12-18-8-4-3-5-9-18/h3-11,17,19H,12-16H2,1-2H3,(H,26,29). The lowest BCUT2D eigenvalue weighted by atomic mass is 9.95. The summed E-state index contributed by atoms with van der Waals surface area (Å²) in [6.45, 7) is 5.41. The lowest BCUT2D eigenvalue weighted by Gasteiger charge is -2.17. The molecule has 0 bridgehead atoms. The van der Waals surface area contributed by atoms with E-state index in [9.17, 15) is 9.59 Å². The first-order chi connectivity index (χ1) is 14.5. The van der Waals surface area contributed by atoms with Crippen LogP contribution in [0.4, 0.5) is 0 Å². The van der Waals surface area contributed by atoms with Gasteiger partial charge in [0, 0.05) is 36.2 Å². The molecule has 2 amide bonds. The third-order valence-corrected chi connectivity index (χ3v) is 6.86. The predicted molar refractivity (Wildman–Crippen MR) is 123 cm³/mol. The molecule has 1 fully saturated rings. The SMILES string of the molecule is CC(C)NC(=O)c1sc2ccccc2c1C1CCN(C(=O)CCc2ccccc2)C1. The van der Waals surface area contributed by atoms with Crippen LogP contribution in [0.5, 0.6) is 0 Å². The highest BCUT2D eigenvalue weighted by Gasteiger charge is 2.32. The van der Waals surface area contributed by atoms with Crippen LogP contribution >= 0.6 is 11.3 Å².